The summed E-state index contributed by atoms with van der Waals surface area (Å²) in [5.74, 6) is 0. The van der Waals surface area contributed by atoms with Gasteiger partial charge in [-0.1, -0.05) is 0 Å². The maximum atomic E-state index is 10.2. The van der Waals surface area contributed by atoms with Gasteiger partial charge in [0.1, 0.15) is 36.6 Å². The van der Waals surface area contributed by atoms with E-state index in [1.165, 1.54) is 0 Å². The molecule has 24 heavy (non-hydrogen) atoms. The molecular weight excluding hydrogens is 324 g/mol. The Morgan fingerprint density at radius 1 is 0.875 bits per heavy atom. The van der Waals surface area contributed by atoms with E-state index in [4.69, 9.17) is 23.7 Å². The van der Waals surface area contributed by atoms with Crippen LogP contribution in [0.4, 0.5) is 0 Å². The zero-order valence-electron chi connectivity index (χ0n) is 14.1. The van der Waals surface area contributed by atoms with Crippen molar-refractivity contribution in [3.8, 4) is 0 Å². The lowest BCUT2D eigenvalue weighted by atomic mass is 10.0. The fourth-order valence-electron chi connectivity index (χ4n) is 2.73. The lowest BCUT2D eigenvalue weighted by Crippen LogP contribution is -2.60. The van der Waals surface area contributed by atoms with Crippen molar-refractivity contribution in [2.24, 2.45) is 0 Å². The van der Waals surface area contributed by atoms with Crippen LogP contribution in [0, 0.1) is 0 Å². The second-order valence-electron chi connectivity index (χ2n) is 6.22. The Kier molecular flexibility index (Phi) is 7.35. The Bertz CT molecular complexity index is 380. The number of aliphatic hydroxyl groups excluding tert-OH is 4. The van der Waals surface area contributed by atoms with Gasteiger partial charge in [-0.3, -0.25) is 0 Å². The van der Waals surface area contributed by atoms with Crippen molar-refractivity contribution in [3.63, 3.8) is 0 Å². The second-order valence-corrected chi connectivity index (χ2v) is 6.22. The second kappa shape index (κ2) is 8.84. The van der Waals surface area contributed by atoms with Crippen molar-refractivity contribution in [2.75, 3.05) is 19.8 Å². The van der Waals surface area contributed by atoms with E-state index in [0.29, 0.717) is 6.61 Å². The van der Waals surface area contributed by atoms with Gasteiger partial charge in [-0.15, -0.1) is 0 Å². The van der Waals surface area contributed by atoms with Gasteiger partial charge in [0.05, 0.1) is 19.3 Å². The van der Waals surface area contributed by atoms with Gasteiger partial charge in [-0.25, -0.2) is 0 Å². The van der Waals surface area contributed by atoms with E-state index in [0.717, 1.165) is 0 Å². The molecule has 2 saturated heterocycles. The quantitative estimate of drug-likeness (QED) is 0.445. The molecule has 2 heterocycles. The topological polar surface area (TPSA) is 127 Å². The Labute approximate surface area is 141 Å². The summed E-state index contributed by atoms with van der Waals surface area (Å²) in [5.41, 5.74) is 0. The van der Waals surface area contributed by atoms with Gasteiger partial charge in [0.2, 0.25) is 0 Å². The minimum Gasteiger partial charge on any atom is -0.387 e. The van der Waals surface area contributed by atoms with Crippen molar-refractivity contribution in [1.29, 1.82) is 0 Å². The lowest BCUT2D eigenvalue weighted by molar-refractivity contribution is -0.331. The first-order chi connectivity index (χ1) is 11.3. The van der Waals surface area contributed by atoms with Gasteiger partial charge in [0, 0.05) is 6.61 Å². The third-order valence-electron chi connectivity index (χ3n) is 3.96. The van der Waals surface area contributed by atoms with Crippen LogP contribution >= 0.6 is 0 Å². The Hall–Kier alpha value is -0.360. The summed E-state index contributed by atoms with van der Waals surface area (Å²) in [4.78, 5) is 0. The van der Waals surface area contributed by atoms with Gasteiger partial charge in [-0.2, -0.15) is 0 Å². The summed E-state index contributed by atoms with van der Waals surface area (Å²) >= 11 is 0. The average Bonchev–Trinajstić information content (AvgIpc) is 2.53. The molecule has 0 aromatic heterocycles. The monoisotopic (exact) mass is 352 g/mol. The van der Waals surface area contributed by atoms with Crippen LogP contribution in [0.2, 0.25) is 0 Å². The van der Waals surface area contributed by atoms with Crippen LogP contribution in [0.15, 0.2) is 0 Å². The Morgan fingerprint density at radius 3 is 2.04 bits per heavy atom. The lowest BCUT2D eigenvalue weighted by Gasteiger charge is -2.42. The molecule has 0 saturated carbocycles. The summed E-state index contributed by atoms with van der Waals surface area (Å²) in [6.45, 7) is 5.69. The van der Waals surface area contributed by atoms with Crippen LogP contribution in [0.25, 0.3) is 0 Å². The normalized spacial score (nSPS) is 44.0. The predicted molar refractivity (Wildman–Crippen MR) is 80.0 cm³/mol. The summed E-state index contributed by atoms with van der Waals surface area (Å²) in [6, 6.07) is 0. The molecule has 0 amide bonds. The van der Waals surface area contributed by atoms with Crippen LogP contribution in [-0.2, 0) is 23.7 Å². The molecule has 4 unspecified atom stereocenters. The van der Waals surface area contributed by atoms with E-state index in [1.807, 2.05) is 13.8 Å². The van der Waals surface area contributed by atoms with Crippen molar-refractivity contribution >= 4 is 0 Å². The zero-order chi connectivity index (χ0) is 17.9. The third-order valence-corrected chi connectivity index (χ3v) is 3.96. The standard InChI is InChI=1S/C15H28O9/c1-4-20-14-12(18)11(17)9(6-21-14)24-15-13(19)10(16)8(5-22-15)23-7(2)3/h7-19H,4-6H2,1-3H3/t8-,9-,10?,11?,12?,13?,14-,15+/m1/s1. The van der Waals surface area contributed by atoms with Crippen LogP contribution in [0.3, 0.4) is 0 Å². The highest BCUT2D eigenvalue weighted by Gasteiger charge is 2.45. The number of rotatable bonds is 6. The first-order valence-electron chi connectivity index (χ1n) is 8.23. The number of aliphatic hydroxyl groups is 4. The highest BCUT2D eigenvalue weighted by atomic mass is 16.7. The summed E-state index contributed by atoms with van der Waals surface area (Å²) < 4.78 is 26.8. The molecule has 8 atom stereocenters. The number of hydrogen-bond acceptors (Lipinski definition) is 9. The van der Waals surface area contributed by atoms with Gasteiger partial charge < -0.3 is 44.1 Å². The van der Waals surface area contributed by atoms with Crippen molar-refractivity contribution < 1.29 is 44.1 Å². The molecule has 4 N–H and O–H groups in total. The first-order valence-corrected chi connectivity index (χ1v) is 8.23. The van der Waals surface area contributed by atoms with Crippen LogP contribution in [0.1, 0.15) is 20.8 Å². The van der Waals surface area contributed by atoms with Gasteiger partial charge in [-0.05, 0) is 20.8 Å². The Morgan fingerprint density at radius 2 is 1.42 bits per heavy atom. The highest BCUT2D eigenvalue weighted by Crippen LogP contribution is 2.25. The number of hydrogen-bond donors (Lipinski definition) is 4. The van der Waals surface area contributed by atoms with Gasteiger partial charge in [0.15, 0.2) is 12.6 Å². The van der Waals surface area contributed by atoms with E-state index in [2.05, 4.69) is 0 Å². The molecule has 0 aliphatic carbocycles. The molecule has 0 aromatic rings. The fraction of sp³-hybridized carbons (Fsp3) is 1.00. The van der Waals surface area contributed by atoms with E-state index in [1.54, 1.807) is 6.92 Å². The van der Waals surface area contributed by atoms with E-state index in [-0.39, 0.29) is 19.3 Å². The molecule has 0 bridgehead atoms. The molecule has 9 heteroatoms. The SMILES string of the molecule is CCO[C@@H]1OC[C@@H](O[C@@H]2OC[C@@H](OC(C)C)C(O)C2O)C(O)C1O. The van der Waals surface area contributed by atoms with Crippen LogP contribution in [0.5, 0.6) is 0 Å². The maximum absolute atomic E-state index is 10.2. The fourth-order valence-corrected chi connectivity index (χ4v) is 2.73. The van der Waals surface area contributed by atoms with E-state index < -0.39 is 49.2 Å². The summed E-state index contributed by atoms with van der Waals surface area (Å²) in [6.07, 6.45) is -8.91. The van der Waals surface area contributed by atoms with E-state index in [9.17, 15) is 20.4 Å². The van der Waals surface area contributed by atoms with Gasteiger partial charge >= 0.3 is 0 Å². The molecule has 142 valence electrons. The number of ether oxygens (including phenoxy) is 5. The molecule has 2 aliphatic rings. The highest BCUT2D eigenvalue weighted by molar-refractivity contribution is 4.88. The van der Waals surface area contributed by atoms with E-state index >= 15 is 0 Å². The molecular formula is C15H28O9. The maximum Gasteiger partial charge on any atom is 0.186 e. The van der Waals surface area contributed by atoms with Crippen molar-refractivity contribution in [3.05, 3.63) is 0 Å². The summed E-state index contributed by atoms with van der Waals surface area (Å²) in [5, 5.41) is 40.4. The van der Waals surface area contributed by atoms with Crippen LogP contribution < -0.4 is 0 Å². The third kappa shape index (κ3) is 4.63. The largest absolute Gasteiger partial charge is 0.387 e. The smallest absolute Gasteiger partial charge is 0.186 e. The minimum atomic E-state index is -1.35. The summed E-state index contributed by atoms with van der Waals surface area (Å²) in [7, 11) is 0. The molecule has 0 spiro atoms. The molecule has 0 aromatic carbocycles. The molecule has 0 radical (unpaired) electrons. The van der Waals surface area contributed by atoms with Gasteiger partial charge in [0.25, 0.3) is 0 Å². The van der Waals surface area contributed by atoms with Crippen LogP contribution in [-0.4, -0.2) is 95.6 Å². The molecule has 2 rings (SSSR count). The predicted octanol–water partition coefficient (Wildman–Crippen LogP) is -1.64. The van der Waals surface area contributed by atoms with Crippen molar-refractivity contribution in [2.45, 2.75) is 76.1 Å². The Balaban J connectivity index is 1.90. The molecule has 9 nitrogen and oxygen atoms in total. The molecule has 2 fully saturated rings. The zero-order valence-corrected chi connectivity index (χ0v) is 14.1. The average molecular weight is 352 g/mol. The minimum absolute atomic E-state index is 0.0366. The first kappa shape index (κ1) is 20.0. The molecule has 2 aliphatic heterocycles. The van der Waals surface area contributed by atoms with Crippen molar-refractivity contribution in [1.82, 2.24) is 0 Å².